The molecule has 2 aliphatic heterocycles. The van der Waals surface area contributed by atoms with Crippen molar-refractivity contribution in [3.63, 3.8) is 0 Å². The summed E-state index contributed by atoms with van der Waals surface area (Å²) in [6.45, 7) is 7.75. The molecular formula is C18H27Cl2N7. The van der Waals surface area contributed by atoms with Crippen LogP contribution in [0.25, 0.3) is 0 Å². The maximum atomic E-state index is 5.99. The van der Waals surface area contributed by atoms with E-state index >= 15 is 0 Å². The van der Waals surface area contributed by atoms with Crippen molar-refractivity contribution in [2.24, 2.45) is 0 Å². The molecule has 0 atom stereocenters. The van der Waals surface area contributed by atoms with Crippen LogP contribution in [0, 0.1) is 6.92 Å². The number of aryl methyl sites for hydroxylation is 1. The normalized spacial score (nSPS) is 16.6. The molecule has 0 radical (unpaired) electrons. The van der Waals surface area contributed by atoms with Crippen molar-refractivity contribution in [1.29, 1.82) is 0 Å². The molecule has 27 heavy (non-hydrogen) atoms. The van der Waals surface area contributed by atoms with Gasteiger partial charge in [0.25, 0.3) is 0 Å². The van der Waals surface area contributed by atoms with Gasteiger partial charge in [0.2, 0.25) is 5.95 Å². The van der Waals surface area contributed by atoms with Gasteiger partial charge in [-0.05, 0) is 37.6 Å². The molecule has 2 aliphatic rings. The number of pyridine rings is 1. The highest BCUT2D eigenvalue weighted by molar-refractivity contribution is 5.85. The van der Waals surface area contributed by atoms with E-state index < -0.39 is 0 Å². The van der Waals surface area contributed by atoms with E-state index in [4.69, 9.17) is 5.73 Å². The summed E-state index contributed by atoms with van der Waals surface area (Å²) in [5, 5.41) is 3.43. The summed E-state index contributed by atoms with van der Waals surface area (Å²) in [5.74, 6) is 2.48. The molecule has 9 heteroatoms. The van der Waals surface area contributed by atoms with Crippen LogP contribution in [-0.4, -0.2) is 54.2 Å². The SMILES string of the molecule is Cc1ccnc(N2CCN(c3nc(N)nc4c3CCNCC4)CC2)c1.Cl.Cl. The lowest BCUT2D eigenvalue weighted by atomic mass is 10.1. The van der Waals surface area contributed by atoms with E-state index in [0.717, 1.165) is 69.4 Å². The number of hydrogen-bond donors (Lipinski definition) is 2. The molecule has 3 N–H and O–H groups in total. The molecule has 0 bridgehead atoms. The van der Waals surface area contributed by atoms with Gasteiger partial charge >= 0.3 is 0 Å². The highest BCUT2D eigenvalue weighted by atomic mass is 35.5. The van der Waals surface area contributed by atoms with Crippen LogP contribution in [0.3, 0.4) is 0 Å². The molecule has 2 aromatic rings. The summed E-state index contributed by atoms with van der Waals surface area (Å²) in [6.07, 6.45) is 3.77. The van der Waals surface area contributed by atoms with E-state index in [-0.39, 0.29) is 24.8 Å². The summed E-state index contributed by atoms with van der Waals surface area (Å²) in [4.78, 5) is 18.3. The van der Waals surface area contributed by atoms with Gasteiger partial charge < -0.3 is 20.9 Å². The van der Waals surface area contributed by atoms with Crippen molar-refractivity contribution in [1.82, 2.24) is 20.3 Å². The molecule has 0 unspecified atom stereocenters. The van der Waals surface area contributed by atoms with E-state index in [9.17, 15) is 0 Å². The van der Waals surface area contributed by atoms with Crippen LogP contribution >= 0.6 is 24.8 Å². The Morgan fingerprint density at radius 2 is 1.70 bits per heavy atom. The minimum atomic E-state index is 0. The zero-order valence-corrected chi connectivity index (χ0v) is 17.2. The quantitative estimate of drug-likeness (QED) is 0.776. The van der Waals surface area contributed by atoms with Crippen molar-refractivity contribution < 1.29 is 0 Å². The van der Waals surface area contributed by atoms with Crippen LogP contribution in [0.15, 0.2) is 18.3 Å². The highest BCUT2D eigenvalue weighted by Gasteiger charge is 2.24. The van der Waals surface area contributed by atoms with Gasteiger partial charge in [-0.2, -0.15) is 4.98 Å². The van der Waals surface area contributed by atoms with Crippen LogP contribution in [-0.2, 0) is 12.8 Å². The Hall–Kier alpha value is -1.83. The Kier molecular flexibility index (Phi) is 7.47. The summed E-state index contributed by atoms with van der Waals surface area (Å²) in [5.41, 5.74) is 9.60. The maximum absolute atomic E-state index is 5.99. The monoisotopic (exact) mass is 411 g/mol. The van der Waals surface area contributed by atoms with E-state index in [1.807, 2.05) is 12.3 Å². The number of piperazine rings is 1. The van der Waals surface area contributed by atoms with Crippen LogP contribution in [0.2, 0.25) is 0 Å². The Balaban J connectivity index is 0.00000131. The van der Waals surface area contributed by atoms with Crippen molar-refractivity contribution in [3.8, 4) is 0 Å². The number of halogens is 2. The van der Waals surface area contributed by atoms with Crippen LogP contribution in [0.1, 0.15) is 16.8 Å². The van der Waals surface area contributed by atoms with Crippen LogP contribution < -0.4 is 20.9 Å². The largest absolute Gasteiger partial charge is 0.368 e. The first-order valence-corrected chi connectivity index (χ1v) is 8.99. The summed E-state index contributed by atoms with van der Waals surface area (Å²) < 4.78 is 0. The predicted molar refractivity (Wildman–Crippen MR) is 115 cm³/mol. The Morgan fingerprint density at radius 3 is 2.44 bits per heavy atom. The molecule has 148 valence electrons. The molecule has 0 spiro atoms. The molecule has 0 aromatic carbocycles. The summed E-state index contributed by atoms with van der Waals surface area (Å²) in [7, 11) is 0. The fraction of sp³-hybridized carbons (Fsp3) is 0.500. The van der Waals surface area contributed by atoms with E-state index in [2.05, 4.69) is 43.1 Å². The lowest BCUT2D eigenvalue weighted by Crippen LogP contribution is -2.47. The number of nitrogens with one attached hydrogen (secondary N) is 1. The van der Waals surface area contributed by atoms with Crippen molar-refractivity contribution in [2.45, 2.75) is 19.8 Å². The molecule has 7 nitrogen and oxygen atoms in total. The molecule has 2 aromatic heterocycles. The third-order valence-electron chi connectivity index (χ3n) is 4.98. The number of nitrogens with zero attached hydrogens (tertiary/aromatic N) is 5. The predicted octanol–water partition coefficient (Wildman–Crippen LogP) is 1.62. The topological polar surface area (TPSA) is 83.2 Å². The fourth-order valence-corrected chi connectivity index (χ4v) is 3.65. The van der Waals surface area contributed by atoms with Crippen molar-refractivity contribution in [3.05, 3.63) is 35.2 Å². The molecule has 1 saturated heterocycles. The molecule has 0 aliphatic carbocycles. The van der Waals surface area contributed by atoms with E-state index in [0.29, 0.717) is 5.95 Å². The minimum Gasteiger partial charge on any atom is -0.368 e. The number of fused-ring (bicyclic) bond motifs is 1. The molecule has 4 rings (SSSR count). The molecule has 1 fully saturated rings. The zero-order chi connectivity index (χ0) is 17.2. The molecular weight excluding hydrogens is 385 g/mol. The van der Waals surface area contributed by atoms with Gasteiger partial charge in [-0.15, -0.1) is 24.8 Å². The third-order valence-corrected chi connectivity index (χ3v) is 4.98. The molecule has 4 heterocycles. The second-order valence-electron chi connectivity index (χ2n) is 6.75. The first-order chi connectivity index (χ1) is 12.2. The van der Waals surface area contributed by atoms with Crippen LogP contribution in [0.4, 0.5) is 17.6 Å². The number of aromatic nitrogens is 3. The number of rotatable bonds is 2. The van der Waals surface area contributed by atoms with Gasteiger partial charge in [0.05, 0.1) is 5.69 Å². The molecule has 0 saturated carbocycles. The maximum Gasteiger partial charge on any atom is 0.222 e. The lowest BCUT2D eigenvalue weighted by molar-refractivity contribution is 0.637. The highest BCUT2D eigenvalue weighted by Crippen LogP contribution is 2.26. The first-order valence-electron chi connectivity index (χ1n) is 8.99. The first kappa shape index (κ1) is 21.5. The second-order valence-corrected chi connectivity index (χ2v) is 6.75. The van der Waals surface area contributed by atoms with Crippen LogP contribution in [0.5, 0.6) is 0 Å². The minimum absolute atomic E-state index is 0. The Bertz CT molecular complexity index is 763. The van der Waals surface area contributed by atoms with E-state index in [1.165, 1.54) is 11.1 Å². The van der Waals surface area contributed by atoms with Crippen molar-refractivity contribution >= 4 is 42.4 Å². The summed E-state index contributed by atoms with van der Waals surface area (Å²) >= 11 is 0. The average molecular weight is 412 g/mol. The smallest absolute Gasteiger partial charge is 0.222 e. The Labute approximate surface area is 172 Å². The van der Waals surface area contributed by atoms with Gasteiger partial charge in [0, 0.05) is 50.9 Å². The third kappa shape index (κ3) is 4.72. The van der Waals surface area contributed by atoms with Gasteiger partial charge in [-0.25, -0.2) is 9.97 Å². The van der Waals surface area contributed by atoms with Crippen molar-refractivity contribution in [2.75, 3.05) is 54.8 Å². The van der Waals surface area contributed by atoms with Gasteiger partial charge in [-0.3, -0.25) is 0 Å². The average Bonchev–Trinajstić information content (AvgIpc) is 2.86. The molecule has 0 amide bonds. The Morgan fingerprint density at radius 1 is 1.00 bits per heavy atom. The number of hydrogen-bond acceptors (Lipinski definition) is 7. The van der Waals surface area contributed by atoms with E-state index in [1.54, 1.807) is 0 Å². The second kappa shape index (κ2) is 9.39. The number of nitrogens with two attached hydrogens (primary N) is 1. The number of anilines is 3. The zero-order valence-electron chi connectivity index (χ0n) is 15.5. The summed E-state index contributed by atoms with van der Waals surface area (Å²) in [6, 6.07) is 4.18. The fourth-order valence-electron chi connectivity index (χ4n) is 3.65. The van der Waals surface area contributed by atoms with Gasteiger partial charge in [0.15, 0.2) is 0 Å². The number of nitrogen functional groups attached to an aromatic ring is 1. The van der Waals surface area contributed by atoms with Gasteiger partial charge in [-0.1, -0.05) is 0 Å². The lowest BCUT2D eigenvalue weighted by Gasteiger charge is -2.37. The van der Waals surface area contributed by atoms with Gasteiger partial charge in [0.1, 0.15) is 11.6 Å². The standard InChI is InChI=1S/C18H25N7.2ClH/c1-13-2-7-21-16(12-13)24-8-10-25(11-9-24)17-14-3-5-20-6-4-15(14)22-18(19)23-17;;/h2,7,12,20H,3-6,8-11H2,1H3,(H2,19,22,23);2*1H.